The van der Waals surface area contributed by atoms with Crippen molar-refractivity contribution in [3.05, 3.63) is 62.5 Å². The normalized spacial score (nSPS) is 12.4. The minimum Gasteiger partial charge on any atom is -0.327 e. The highest BCUT2D eigenvalue weighted by atomic mass is 79.9. The van der Waals surface area contributed by atoms with Gasteiger partial charge in [0.2, 0.25) is 0 Å². The highest BCUT2D eigenvalue weighted by Crippen LogP contribution is 2.29. The molecule has 0 fully saturated rings. The maximum atomic E-state index is 6.18. The summed E-state index contributed by atoms with van der Waals surface area (Å²) >= 11 is 17.5. The molecule has 20 heavy (non-hydrogen) atoms. The zero-order valence-corrected chi connectivity index (χ0v) is 14.6. The molecule has 2 aromatic carbocycles. The number of thioether (sulfide) groups is 1. The molecule has 0 saturated carbocycles. The van der Waals surface area contributed by atoms with Crippen LogP contribution in [0.5, 0.6) is 0 Å². The minimum atomic E-state index is 0.0306. The van der Waals surface area contributed by atoms with Gasteiger partial charge in [-0.3, -0.25) is 0 Å². The van der Waals surface area contributed by atoms with Gasteiger partial charge in [0.05, 0.1) is 10.0 Å². The summed E-state index contributed by atoms with van der Waals surface area (Å²) in [5.74, 6) is 0.825. The lowest BCUT2D eigenvalue weighted by atomic mass is 10.1. The van der Waals surface area contributed by atoms with Crippen LogP contribution in [0.25, 0.3) is 0 Å². The van der Waals surface area contributed by atoms with Gasteiger partial charge in [-0.2, -0.15) is 0 Å². The fraction of sp³-hybridized carbons (Fsp3) is 0.200. The monoisotopic (exact) mass is 389 g/mol. The van der Waals surface area contributed by atoms with E-state index in [2.05, 4.69) is 22.0 Å². The lowest BCUT2D eigenvalue weighted by molar-refractivity contribution is 0.749. The second-order valence-electron chi connectivity index (χ2n) is 4.42. The van der Waals surface area contributed by atoms with E-state index < -0.39 is 0 Å². The molecular formula is C15H14BrCl2NS. The third-order valence-electron chi connectivity index (χ3n) is 2.80. The number of hydrogen-bond donors (Lipinski definition) is 1. The largest absolute Gasteiger partial charge is 0.327 e. The molecule has 0 aliphatic heterocycles. The van der Waals surface area contributed by atoms with Crippen LogP contribution < -0.4 is 5.73 Å². The molecule has 0 spiro atoms. The fourth-order valence-corrected chi connectivity index (χ4v) is 3.72. The Bertz CT molecular complexity index is 592. The van der Waals surface area contributed by atoms with E-state index in [1.807, 2.05) is 30.3 Å². The molecule has 0 amide bonds. The average Bonchev–Trinajstić information content (AvgIpc) is 2.43. The molecule has 1 nitrogen and oxygen atoms in total. The van der Waals surface area contributed by atoms with Crippen LogP contribution in [0.3, 0.4) is 0 Å². The molecule has 2 aromatic rings. The van der Waals surface area contributed by atoms with Crippen LogP contribution in [0.4, 0.5) is 0 Å². The Kier molecular flexibility index (Phi) is 6.24. The third kappa shape index (κ3) is 4.40. The lowest BCUT2D eigenvalue weighted by Crippen LogP contribution is -2.25. The van der Waals surface area contributed by atoms with Crippen molar-refractivity contribution in [2.45, 2.75) is 17.4 Å². The topological polar surface area (TPSA) is 26.0 Å². The molecule has 0 radical (unpaired) electrons. The summed E-state index contributed by atoms with van der Waals surface area (Å²) in [7, 11) is 0. The molecule has 1 unspecified atom stereocenters. The molecule has 5 heteroatoms. The molecule has 1 atom stereocenters. The van der Waals surface area contributed by atoms with Crippen molar-refractivity contribution >= 4 is 50.9 Å². The summed E-state index contributed by atoms with van der Waals surface area (Å²) < 4.78 is 1.10. The van der Waals surface area contributed by atoms with Gasteiger partial charge in [0.1, 0.15) is 0 Å². The molecule has 0 heterocycles. The highest BCUT2D eigenvalue weighted by Gasteiger charge is 2.10. The van der Waals surface area contributed by atoms with Gasteiger partial charge in [0.25, 0.3) is 0 Å². The van der Waals surface area contributed by atoms with E-state index in [1.165, 1.54) is 4.90 Å². The van der Waals surface area contributed by atoms with Crippen LogP contribution in [-0.2, 0) is 6.42 Å². The smallest absolute Gasteiger partial charge is 0.0624 e. The van der Waals surface area contributed by atoms with Gasteiger partial charge in [0, 0.05) is 21.2 Å². The Morgan fingerprint density at radius 2 is 1.85 bits per heavy atom. The third-order valence-corrected chi connectivity index (χ3v) is 5.88. The molecule has 0 aliphatic carbocycles. The zero-order chi connectivity index (χ0) is 14.5. The number of nitrogens with two attached hydrogens (primary N) is 1. The molecule has 0 aliphatic rings. The maximum Gasteiger partial charge on any atom is 0.0624 e. The lowest BCUT2D eigenvalue weighted by Gasteiger charge is -2.13. The molecule has 2 rings (SSSR count). The quantitative estimate of drug-likeness (QED) is 0.690. The number of benzene rings is 2. The second kappa shape index (κ2) is 7.71. The second-order valence-corrected chi connectivity index (χ2v) is 7.12. The summed E-state index contributed by atoms with van der Waals surface area (Å²) in [5, 5.41) is 1.19. The van der Waals surface area contributed by atoms with Crippen LogP contribution in [0.1, 0.15) is 5.56 Å². The molecule has 0 aromatic heterocycles. The van der Waals surface area contributed by atoms with E-state index in [0.29, 0.717) is 10.0 Å². The van der Waals surface area contributed by atoms with Gasteiger partial charge >= 0.3 is 0 Å². The summed E-state index contributed by atoms with van der Waals surface area (Å²) in [6.45, 7) is 0. The predicted octanol–water partition coefficient (Wildman–Crippen LogP) is 5.42. The van der Waals surface area contributed by atoms with Crippen molar-refractivity contribution in [3.8, 4) is 0 Å². The van der Waals surface area contributed by atoms with E-state index in [1.54, 1.807) is 17.8 Å². The summed E-state index contributed by atoms with van der Waals surface area (Å²) in [5.41, 5.74) is 7.18. The minimum absolute atomic E-state index is 0.0306. The molecule has 0 saturated heterocycles. The van der Waals surface area contributed by atoms with Gasteiger partial charge in [0.15, 0.2) is 0 Å². The SMILES string of the molecule is NC(CSc1ccccc1Br)Cc1cccc(Cl)c1Cl. The summed E-state index contributed by atoms with van der Waals surface area (Å²) in [6, 6.07) is 13.8. The van der Waals surface area contributed by atoms with Crippen LogP contribution in [0, 0.1) is 0 Å². The number of hydrogen-bond acceptors (Lipinski definition) is 2. The van der Waals surface area contributed by atoms with Crippen molar-refractivity contribution in [2.24, 2.45) is 5.73 Å². The van der Waals surface area contributed by atoms with Crippen LogP contribution in [0.2, 0.25) is 10.0 Å². The van der Waals surface area contributed by atoms with Crippen molar-refractivity contribution in [2.75, 3.05) is 5.75 Å². The Morgan fingerprint density at radius 3 is 2.60 bits per heavy atom. The Balaban J connectivity index is 1.94. The first kappa shape index (κ1) is 16.2. The van der Waals surface area contributed by atoms with Crippen LogP contribution >= 0.6 is 50.9 Å². The first-order valence-electron chi connectivity index (χ1n) is 6.13. The van der Waals surface area contributed by atoms with Gasteiger partial charge in [-0.05, 0) is 46.1 Å². The van der Waals surface area contributed by atoms with Gasteiger partial charge in [-0.15, -0.1) is 11.8 Å². The first-order chi connectivity index (χ1) is 9.58. The molecule has 2 N–H and O–H groups in total. The maximum absolute atomic E-state index is 6.18. The van der Waals surface area contributed by atoms with Gasteiger partial charge < -0.3 is 5.73 Å². The predicted molar refractivity (Wildman–Crippen MR) is 93.0 cm³/mol. The van der Waals surface area contributed by atoms with Gasteiger partial charge in [-0.1, -0.05) is 47.5 Å². The summed E-state index contributed by atoms with van der Waals surface area (Å²) in [4.78, 5) is 1.19. The summed E-state index contributed by atoms with van der Waals surface area (Å²) in [6.07, 6.45) is 0.719. The van der Waals surface area contributed by atoms with Crippen LogP contribution in [-0.4, -0.2) is 11.8 Å². The number of halogens is 3. The zero-order valence-electron chi connectivity index (χ0n) is 10.7. The van der Waals surface area contributed by atoms with E-state index >= 15 is 0 Å². The van der Waals surface area contributed by atoms with Crippen molar-refractivity contribution in [1.29, 1.82) is 0 Å². The van der Waals surface area contributed by atoms with E-state index in [-0.39, 0.29) is 6.04 Å². The Hall–Kier alpha value is -0.190. The molecule has 0 bridgehead atoms. The standard InChI is InChI=1S/C15H14BrCl2NS/c16-12-5-1-2-7-14(12)20-9-11(19)8-10-4-3-6-13(17)15(10)18/h1-7,11H,8-9,19H2. The highest BCUT2D eigenvalue weighted by molar-refractivity contribution is 9.10. The molecule has 106 valence electrons. The van der Waals surface area contributed by atoms with Crippen molar-refractivity contribution < 1.29 is 0 Å². The van der Waals surface area contributed by atoms with Crippen molar-refractivity contribution in [3.63, 3.8) is 0 Å². The Labute approximate surface area is 142 Å². The first-order valence-corrected chi connectivity index (χ1v) is 8.67. The van der Waals surface area contributed by atoms with E-state index in [4.69, 9.17) is 28.9 Å². The van der Waals surface area contributed by atoms with Crippen LogP contribution in [0.15, 0.2) is 51.8 Å². The van der Waals surface area contributed by atoms with Gasteiger partial charge in [-0.25, -0.2) is 0 Å². The fourth-order valence-electron chi connectivity index (χ4n) is 1.81. The van der Waals surface area contributed by atoms with Crippen molar-refractivity contribution in [1.82, 2.24) is 0 Å². The Morgan fingerprint density at radius 1 is 1.10 bits per heavy atom. The van der Waals surface area contributed by atoms with E-state index in [0.717, 1.165) is 22.2 Å². The number of rotatable bonds is 5. The molecular weight excluding hydrogens is 377 g/mol. The average molecular weight is 391 g/mol. The van der Waals surface area contributed by atoms with E-state index in [9.17, 15) is 0 Å².